The molecule has 1 N–H and O–H groups in total. The molecule has 1 unspecified atom stereocenters. The van der Waals surface area contributed by atoms with Gasteiger partial charge < -0.3 is 10.0 Å². The molecule has 116 valence electrons. The highest BCUT2D eigenvalue weighted by Gasteiger charge is 2.26. The second-order valence-electron chi connectivity index (χ2n) is 5.22. The smallest absolute Gasteiger partial charge is 0.133 e. The van der Waals surface area contributed by atoms with E-state index in [0.29, 0.717) is 28.6 Å². The van der Waals surface area contributed by atoms with Gasteiger partial charge in [0.05, 0.1) is 28.6 Å². The Balaban J connectivity index is 2.39. The molecule has 21 heavy (non-hydrogen) atoms. The number of aromatic nitrogens is 4. The van der Waals surface area contributed by atoms with E-state index in [0.717, 1.165) is 11.0 Å². The summed E-state index contributed by atoms with van der Waals surface area (Å²) in [5.74, 6) is 0. The van der Waals surface area contributed by atoms with Gasteiger partial charge in [-0.3, -0.25) is 9.36 Å². The van der Waals surface area contributed by atoms with Gasteiger partial charge in [0.25, 0.3) is 0 Å². The number of hydrogen-bond donors (Lipinski definition) is 1. The third kappa shape index (κ3) is 3.31. The van der Waals surface area contributed by atoms with E-state index in [-0.39, 0.29) is 0 Å². The first-order valence-corrected chi connectivity index (χ1v) is 7.73. The van der Waals surface area contributed by atoms with Gasteiger partial charge in [-0.2, -0.15) is 10.2 Å². The monoisotopic (exact) mass is 375 g/mol. The fraction of sp³-hybridized carbons (Fsp3) is 0.538. The van der Waals surface area contributed by atoms with Gasteiger partial charge in [0.2, 0.25) is 0 Å². The van der Waals surface area contributed by atoms with E-state index in [1.54, 1.807) is 22.6 Å². The van der Waals surface area contributed by atoms with Crippen LogP contribution in [0.3, 0.4) is 0 Å². The molecule has 0 bridgehead atoms. The number of halogens is 2. The lowest BCUT2D eigenvalue weighted by atomic mass is 10.1. The fourth-order valence-corrected chi connectivity index (χ4v) is 3.00. The van der Waals surface area contributed by atoms with Crippen LogP contribution in [0.4, 0.5) is 0 Å². The third-order valence-electron chi connectivity index (χ3n) is 3.32. The van der Waals surface area contributed by atoms with Gasteiger partial charge in [0, 0.05) is 19.2 Å². The minimum Gasteiger partial charge on any atom is -0.382 e. The predicted molar refractivity (Wildman–Crippen MR) is 85.5 cm³/mol. The van der Waals surface area contributed by atoms with Crippen LogP contribution >= 0.6 is 27.5 Å². The first kappa shape index (κ1) is 16.5. The molecule has 0 spiro atoms. The number of aryl methyl sites for hydroxylation is 2. The van der Waals surface area contributed by atoms with Crippen LogP contribution in [-0.2, 0) is 13.6 Å². The number of likely N-dealkylation sites (N-methyl/N-ethyl adjacent to an activating group) is 1. The summed E-state index contributed by atoms with van der Waals surface area (Å²) < 4.78 is 4.11. The summed E-state index contributed by atoms with van der Waals surface area (Å²) in [6, 6.07) is 0. The number of aliphatic hydroxyl groups excluding tert-OH is 1. The summed E-state index contributed by atoms with van der Waals surface area (Å²) in [4.78, 5) is 2.06. The molecule has 0 aliphatic carbocycles. The van der Waals surface area contributed by atoms with Gasteiger partial charge >= 0.3 is 0 Å². The highest BCUT2D eigenvalue weighted by Crippen LogP contribution is 2.34. The molecule has 0 amide bonds. The molecule has 0 aromatic carbocycles. The average molecular weight is 377 g/mol. The second kappa shape index (κ2) is 6.48. The Bertz CT molecular complexity index is 637. The highest BCUT2D eigenvalue weighted by molar-refractivity contribution is 9.10. The summed E-state index contributed by atoms with van der Waals surface area (Å²) in [5.41, 5.74) is 2.02. The van der Waals surface area contributed by atoms with Crippen molar-refractivity contribution in [3.8, 4) is 0 Å². The van der Waals surface area contributed by atoms with Gasteiger partial charge in [-0.1, -0.05) is 11.6 Å². The van der Waals surface area contributed by atoms with Crippen molar-refractivity contribution in [3.63, 3.8) is 0 Å². The Kier molecular flexibility index (Phi) is 5.08. The van der Waals surface area contributed by atoms with E-state index in [2.05, 4.69) is 31.0 Å². The van der Waals surface area contributed by atoms with Crippen molar-refractivity contribution in [2.75, 3.05) is 20.6 Å². The molecule has 0 fully saturated rings. The molecule has 2 aromatic rings. The van der Waals surface area contributed by atoms with E-state index < -0.39 is 6.10 Å². The maximum absolute atomic E-state index is 10.7. The number of nitrogens with zero attached hydrogens (tertiary/aromatic N) is 5. The minimum atomic E-state index is -0.870. The van der Waals surface area contributed by atoms with Crippen LogP contribution in [0.15, 0.2) is 10.7 Å². The van der Waals surface area contributed by atoms with Gasteiger partial charge in [-0.15, -0.1) is 0 Å². The zero-order chi connectivity index (χ0) is 15.7. The second-order valence-corrected chi connectivity index (χ2v) is 6.43. The molecule has 2 aromatic heterocycles. The molecule has 2 heterocycles. The van der Waals surface area contributed by atoms with Crippen LogP contribution in [-0.4, -0.2) is 50.2 Å². The summed E-state index contributed by atoms with van der Waals surface area (Å²) in [6.07, 6.45) is 0.818. The Morgan fingerprint density at radius 2 is 2.14 bits per heavy atom. The standard InChI is InChI=1S/C13H19BrClN5O/c1-8-10(13(15)19(4)17-8)12(21)11-9(14)7-16-20(11)6-5-18(2)3/h7,12,21H,5-6H2,1-4H3. The van der Waals surface area contributed by atoms with Crippen molar-refractivity contribution in [1.29, 1.82) is 0 Å². The van der Waals surface area contributed by atoms with E-state index >= 15 is 0 Å². The van der Waals surface area contributed by atoms with Crippen LogP contribution in [0.25, 0.3) is 0 Å². The number of hydrogen-bond acceptors (Lipinski definition) is 4. The predicted octanol–water partition coefficient (Wildman–Crippen LogP) is 1.98. The van der Waals surface area contributed by atoms with Crippen molar-refractivity contribution in [2.24, 2.45) is 7.05 Å². The first-order chi connectivity index (χ1) is 9.82. The maximum Gasteiger partial charge on any atom is 0.133 e. The van der Waals surface area contributed by atoms with Crippen LogP contribution < -0.4 is 0 Å². The molecule has 0 aliphatic heterocycles. The van der Waals surface area contributed by atoms with Crippen LogP contribution in [0.2, 0.25) is 5.15 Å². The summed E-state index contributed by atoms with van der Waals surface area (Å²) >= 11 is 9.70. The third-order valence-corrected chi connectivity index (χ3v) is 4.38. The van der Waals surface area contributed by atoms with E-state index in [4.69, 9.17) is 11.6 Å². The molecule has 2 rings (SSSR count). The topological polar surface area (TPSA) is 59.1 Å². The van der Waals surface area contributed by atoms with Crippen molar-refractivity contribution >= 4 is 27.5 Å². The number of rotatable bonds is 5. The molecule has 6 nitrogen and oxygen atoms in total. The fourth-order valence-electron chi connectivity index (χ4n) is 2.21. The SMILES string of the molecule is Cc1nn(C)c(Cl)c1C(O)c1c(Br)cnn1CCN(C)C. The number of aliphatic hydroxyl groups is 1. The van der Waals surface area contributed by atoms with E-state index in [9.17, 15) is 5.11 Å². The molecule has 8 heteroatoms. The molecule has 0 saturated heterocycles. The molecular weight excluding hydrogens is 358 g/mol. The zero-order valence-electron chi connectivity index (χ0n) is 12.5. The van der Waals surface area contributed by atoms with Gasteiger partial charge in [0.1, 0.15) is 11.3 Å². The molecular formula is C13H19BrClN5O. The van der Waals surface area contributed by atoms with Crippen LogP contribution in [0, 0.1) is 6.92 Å². The Morgan fingerprint density at radius 3 is 2.67 bits per heavy atom. The lowest BCUT2D eigenvalue weighted by Gasteiger charge is -2.16. The van der Waals surface area contributed by atoms with Crippen molar-refractivity contribution in [1.82, 2.24) is 24.5 Å². The molecule has 1 atom stereocenters. The molecule has 0 saturated carbocycles. The van der Waals surface area contributed by atoms with E-state index in [1.807, 2.05) is 21.0 Å². The Labute approximate surface area is 137 Å². The summed E-state index contributed by atoms with van der Waals surface area (Å²) in [6.45, 7) is 3.34. The lowest BCUT2D eigenvalue weighted by molar-refractivity contribution is 0.204. The van der Waals surface area contributed by atoms with Gasteiger partial charge in [0.15, 0.2) is 0 Å². The van der Waals surface area contributed by atoms with E-state index in [1.165, 1.54) is 0 Å². The normalized spacial score (nSPS) is 13.1. The van der Waals surface area contributed by atoms with Gasteiger partial charge in [-0.25, -0.2) is 0 Å². The lowest BCUT2D eigenvalue weighted by Crippen LogP contribution is -2.21. The minimum absolute atomic E-state index is 0.437. The summed E-state index contributed by atoms with van der Waals surface area (Å²) in [5, 5.41) is 19.7. The van der Waals surface area contributed by atoms with Gasteiger partial charge in [-0.05, 0) is 36.9 Å². The quantitative estimate of drug-likeness (QED) is 0.867. The molecule has 0 radical (unpaired) electrons. The van der Waals surface area contributed by atoms with Crippen LogP contribution in [0.1, 0.15) is 23.1 Å². The Hall–Kier alpha value is -0.890. The van der Waals surface area contributed by atoms with Crippen molar-refractivity contribution < 1.29 is 5.11 Å². The highest BCUT2D eigenvalue weighted by atomic mass is 79.9. The van der Waals surface area contributed by atoms with Crippen molar-refractivity contribution in [3.05, 3.63) is 32.8 Å². The largest absolute Gasteiger partial charge is 0.382 e. The van der Waals surface area contributed by atoms with Crippen molar-refractivity contribution in [2.45, 2.75) is 19.6 Å². The maximum atomic E-state index is 10.7. The summed E-state index contributed by atoms with van der Waals surface area (Å²) in [7, 11) is 5.75. The van der Waals surface area contributed by atoms with Crippen LogP contribution in [0.5, 0.6) is 0 Å². The first-order valence-electron chi connectivity index (χ1n) is 6.56. The Morgan fingerprint density at radius 1 is 1.48 bits per heavy atom. The molecule has 0 aliphatic rings. The zero-order valence-corrected chi connectivity index (χ0v) is 14.9. The average Bonchev–Trinajstić information content (AvgIpc) is 2.88.